The molecule has 0 spiro atoms. The number of hydrogen-bond acceptors (Lipinski definition) is 3. The number of pyridine rings is 1. The number of benzene rings is 1. The van der Waals surface area contributed by atoms with Crippen molar-refractivity contribution in [1.29, 1.82) is 0 Å². The van der Waals surface area contributed by atoms with Gasteiger partial charge in [-0.25, -0.2) is 4.98 Å². The summed E-state index contributed by atoms with van der Waals surface area (Å²) in [6, 6.07) is 12.6. The van der Waals surface area contributed by atoms with Gasteiger partial charge in [0.2, 0.25) is 0 Å². The maximum atomic E-state index is 13.6. The van der Waals surface area contributed by atoms with E-state index in [0.29, 0.717) is 29.8 Å². The van der Waals surface area contributed by atoms with E-state index in [2.05, 4.69) is 30.0 Å². The molecule has 1 atom stereocenters. The van der Waals surface area contributed by atoms with Crippen LogP contribution in [-0.4, -0.2) is 44.2 Å². The van der Waals surface area contributed by atoms with E-state index < -0.39 is 0 Å². The molecule has 1 fully saturated rings. The van der Waals surface area contributed by atoms with Crippen molar-refractivity contribution in [2.45, 2.75) is 51.7 Å². The fraction of sp³-hybridized carbons (Fsp3) is 0.417. The Bertz CT molecular complexity index is 1090. The van der Waals surface area contributed by atoms with Gasteiger partial charge < -0.3 is 9.30 Å². The number of hydrogen-bond donors (Lipinski definition) is 0. The third kappa shape index (κ3) is 3.61. The Hall–Kier alpha value is -2.37. The molecule has 30 heavy (non-hydrogen) atoms. The number of amides is 1. The molecule has 156 valence electrons. The second-order valence-electron chi connectivity index (χ2n) is 8.54. The highest BCUT2D eigenvalue weighted by Gasteiger charge is 2.29. The fourth-order valence-corrected chi connectivity index (χ4v) is 4.95. The first kappa shape index (κ1) is 19.6. The van der Waals surface area contributed by atoms with Gasteiger partial charge in [-0.3, -0.25) is 9.69 Å². The van der Waals surface area contributed by atoms with Crippen molar-refractivity contribution in [3.8, 4) is 0 Å². The molecule has 1 amide bonds. The quantitative estimate of drug-likeness (QED) is 0.621. The summed E-state index contributed by atoms with van der Waals surface area (Å²) in [5.74, 6) is 0.0176. The molecule has 2 aliphatic heterocycles. The molecule has 1 saturated heterocycles. The summed E-state index contributed by atoms with van der Waals surface area (Å²) in [6.07, 6.45) is 6.45. The summed E-state index contributed by atoms with van der Waals surface area (Å²) in [6.45, 7) is 5.42. The highest BCUT2D eigenvalue weighted by molar-refractivity contribution is 6.30. The lowest BCUT2D eigenvalue weighted by Gasteiger charge is -2.33. The van der Waals surface area contributed by atoms with Gasteiger partial charge in [-0.15, -0.1) is 0 Å². The van der Waals surface area contributed by atoms with Gasteiger partial charge in [-0.1, -0.05) is 42.3 Å². The van der Waals surface area contributed by atoms with E-state index in [4.69, 9.17) is 16.6 Å². The van der Waals surface area contributed by atoms with E-state index in [0.717, 1.165) is 30.9 Å². The number of carbonyl (C=O) groups is 1. The van der Waals surface area contributed by atoms with Crippen molar-refractivity contribution in [2.75, 3.05) is 13.1 Å². The zero-order valence-electron chi connectivity index (χ0n) is 17.4. The maximum absolute atomic E-state index is 13.6. The summed E-state index contributed by atoms with van der Waals surface area (Å²) in [5, 5.41) is 0.652. The van der Waals surface area contributed by atoms with E-state index in [1.807, 2.05) is 33.7 Å². The zero-order valence-corrected chi connectivity index (χ0v) is 18.1. The summed E-state index contributed by atoms with van der Waals surface area (Å²) >= 11 is 6.30. The summed E-state index contributed by atoms with van der Waals surface area (Å²) in [5.41, 5.74) is 4.86. The Morgan fingerprint density at radius 3 is 2.80 bits per heavy atom. The second kappa shape index (κ2) is 8.05. The van der Waals surface area contributed by atoms with Crippen LogP contribution in [0.4, 0.5) is 0 Å². The Labute approximate surface area is 182 Å². The SMILES string of the molecule is CC1CCCCN1Cc1c(C(=O)N2CCc3ccccc3C2)nc2ccc(Cl)cn12. The molecular formula is C24H27ClN4O. The van der Waals surface area contributed by atoms with Crippen LogP contribution in [0.3, 0.4) is 0 Å². The minimum atomic E-state index is 0.0176. The highest BCUT2D eigenvalue weighted by atomic mass is 35.5. The number of likely N-dealkylation sites (tertiary alicyclic amines) is 1. The Morgan fingerprint density at radius 1 is 1.13 bits per heavy atom. The number of nitrogens with zero attached hydrogens (tertiary/aromatic N) is 4. The van der Waals surface area contributed by atoms with Crippen LogP contribution in [0.25, 0.3) is 5.65 Å². The molecular weight excluding hydrogens is 396 g/mol. The normalized spacial score (nSPS) is 19.8. The summed E-state index contributed by atoms with van der Waals surface area (Å²) in [4.78, 5) is 22.8. The smallest absolute Gasteiger partial charge is 0.274 e. The number of piperidine rings is 1. The largest absolute Gasteiger partial charge is 0.333 e. The Kier molecular flexibility index (Phi) is 5.25. The van der Waals surface area contributed by atoms with Crippen molar-refractivity contribution >= 4 is 23.2 Å². The van der Waals surface area contributed by atoms with Gasteiger partial charge in [0.15, 0.2) is 5.69 Å². The molecule has 1 unspecified atom stereocenters. The van der Waals surface area contributed by atoms with E-state index in [9.17, 15) is 4.79 Å². The first-order valence-corrected chi connectivity index (χ1v) is 11.2. The molecule has 5 nitrogen and oxygen atoms in total. The molecule has 0 aliphatic carbocycles. The van der Waals surface area contributed by atoms with Crippen LogP contribution >= 0.6 is 11.6 Å². The minimum Gasteiger partial charge on any atom is -0.333 e. The molecule has 5 rings (SSSR count). The zero-order chi connectivity index (χ0) is 20.7. The van der Waals surface area contributed by atoms with Crippen LogP contribution < -0.4 is 0 Å². The second-order valence-corrected chi connectivity index (χ2v) is 8.98. The average Bonchev–Trinajstić information content (AvgIpc) is 3.12. The number of imidazole rings is 1. The first-order valence-electron chi connectivity index (χ1n) is 10.9. The van der Waals surface area contributed by atoms with Crippen molar-refractivity contribution in [1.82, 2.24) is 19.2 Å². The average molecular weight is 423 g/mol. The van der Waals surface area contributed by atoms with Crippen LogP contribution in [0.2, 0.25) is 5.02 Å². The molecule has 0 saturated carbocycles. The standard InChI is InChI=1S/C24H27ClN4O/c1-17-6-4-5-12-27(17)16-21-23(26-22-10-9-20(25)15-29(21)22)24(30)28-13-11-18-7-2-3-8-19(18)14-28/h2-3,7-10,15,17H,4-6,11-14,16H2,1H3. The van der Waals surface area contributed by atoms with Crippen molar-refractivity contribution < 1.29 is 4.79 Å². The van der Waals surface area contributed by atoms with E-state index in [1.54, 1.807) is 0 Å². The number of aromatic nitrogens is 2. The third-order valence-corrected chi connectivity index (χ3v) is 6.82. The molecule has 2 aromatic heterocycles. The predicted octanol–water partition coefficient (Wildman–Crippen LogP) is 4.56. The Balaban J connectivity index is 1.51. The van der Waals surface area contributed by atoms with Gasteiger partial charge >= 0.3 is 0 Å². The Morgan fingerprint density at radius 2 is 1.97 bits per heavy atom. The number of fused-ring (bicyclic) bond motifs is 2. The van der Waals surface area contributed by atoms with Gasteiger partial charge in [-0.2, -0.15) is 0 Å². The van der Waals surface area contributed by atoms with Gasteiger partial charge in [-0.05, 0) is 56.0 Å². The van der Waals surface area contributed by atoms with Crippen LogP contribution in [0.5, 0.6) is 0 Å². The van der Waals surface area contributed by atoms with E-state index in [-0.39, 0.29) is 5.91 Å². The number of rotatable bonds is 3. The van der Waals surface area contributed by atoms with Gasteiger partial charge in [0.1, 0.15) is 5.65 Å². The van der Waals surface area contributed by atoms with Crippen LogP contribution in [0.1, 0.15) is 53.5 Å². The number of halogens is 1. The third-order valence-electron chi connectivity index (χ3n) is 6.60. The van der Waals surface area contributed by atoms with E-state index in [1.165, 1.54) is 30.4 Å². The van der Waals surface area contributed by atoms with E-state index >= 15 is 0 Å². The molecule has 6 heteroatoms. The minimum absolute atomic E-state index is 0.0176. The van der Waals surface area contributed by atoms with Gasteiger partial charge in [0, 0.05) is 31.9 Å². The lowest BCUT2D eigenvalue weighted by atomic mass is 9.99. The lowest BCUT2D eigenvalue weighted by molar-refractivity contribution is 0.0724. The van der Waals surface area contributed by atoms with Gasteiger partial charge in [0.25, 0.3) is 5.91 Å². The summed E-state index contributed by atoms with van der Waals surface area (Å²) in [7, 11) is 0. The molecule has 4 heterocycles. The molecule has 0 N–H and O–H groups in total. The molecule has 3 aromatic rings. The highest BCUT2D eigenvalue weighted by Crippen LogP contribution is 2.26. The number of carbonyl (C=O) groups excluding carboxylic acids is 1. The van der Waals surface area contributed by atoms with Gasteiger partial charge in [0.05, 0.1) is 10.7 Å². The molecule has 0 radical (unpaired) electrons. The topological polar surface area (TPSA) is 40.9 Å². The van der Waals surface area contributed by atoms with Crippen LogP contribution in [-0.2, 0) is 19.5 Å². The maximum Gasteiger partial charge on any atom is 0.274 e. The summed E-state index contributed by atoms with van der Waals surface area (Å²) < 4.78 is 2.01. The molecule has 2 aliphatic rings. The fourth-order valence-electron chi connectivity index (χ4n) is 4.79. The lowest BCUT2D eigenvalue weighted by Crippen LogP contribution is -2.39. The molecule has 1 aromatic carbocycles. The monoisotopic (exact) mass is 422 g/mol. The predicted molar refractivity (Wildman–Crippen MR) is 119 cm³/mol. The molecule has 0 bridgehead atoms. The first-order chi connectivity index (χ1) is 14.6. The van der Waals surface area contributed by atoms with Crippen molar-refractivity contribution in [2.24, 2.45) is 0 Å². The van der Waals surface area contributed by atoms with Crippen LogP contribution in [0, 0.1) is 0 Å². The van der Waals surface area contributed by atoms with Crippen LogP contribution in [0.15, 0.2) is 42.6 Å². The van der Waals surface area contributed by atoms with Crippen molar-refractivity contribution in [3.63, 3.8) is 0 Å². The van der Waals surface area contributed by atoms with Crippen molar-refractivity contribution in [3.05, 3.63) is 70.1 Å².